The molecular formula is C8H12N2O2S2. The zero-order valence-electron chi connectivity index (χ0n) is 7.69. The summed E-state index contributed by atoms with van der Waals surface area (Å²) in [6.45, 7) is 2.04. The van der Waals surface area contributed by atoms with Crippen LogP contribution in [-0.4, -0.2) is 15.0 Å². The molecule has 1 aromatic rings. The summed E-state index contributed by atoms with van der Waals surface area (Å²) in [5.41, 5.74) is 5.78. The second-order valence-electron chi connectivity index (χ2n) is 2.69. The highest BCUT2D eigenvalue weighted by atomic mass is 32.2. The molecule has 0 aromatic heterocycles. The average molecular weight is 232 g/mol. The number of rotatable bonds is 3. The van der Waals surface area contributed by atoms with Gasteiger partial charge in [-0.15, -0.1) is 12.6 Å². The minimum atomic E-state index is -3.49. The van der Waals surface area contributed by atoms with Gasteiger partial charge in [-0.25, -0.2) is 13.1 Å². The van der Waals surface area contributed by atoms with Gasteiger partial charge < -0.3 is 5.73 Å². The summed E-state index contributed by atoms with van der Waals surface area (Å²) < 4.78 is 25.5. The van der Waals surface area contributed by atoms with Crippen LogP contribution in [0.25, 0.3) is 0 Å². The van der Waals surface area contributed by atoms with E-state index in [2.05, 4.69) is 17.4 Å². The Morgan fingerprint density at radius 1 is 1.50 bits per heavy atom. The number of hydrogen-bond acceptors (Lipinski definition) is 4. The normalized spacial score (nSPS) is 11.6. The summed E-state index contributed by atoms with van der Waals surface area (Å²) in [6.07, 6.45) is 0. The van der Waals surface area contributed by atoms with Crippen LogP contribution >= 0.6 is 12.6 Å². The lowest BCUT2D eigenvalue weighted by Gasteiger charge is -2.08. The van der Waals surface area contributed by atoms with Crippen molar-refractivity contribution in [3.8, 4) is 0 Å². The SMILES string of the molecule is CCNS(=O)(=O)c1cccc(S)c1N. The Morgan fingerprint density at radius 2 is 2.14 bits per heavy atom. The molecule has 0 atom stereocenters. The second-order valence-corrected chi connectivity index (χ2v) is 4.91. The van der Waals surface area contributed by atoms with Gasteiger partial charge in [0.1, 0.15) is 4.90 Å². The number of para-hydroxylation sites is 1. The first kappa shape index (κ1) is 11.4. The van der Waals surface area contributed by atoms with Crippen molar-refractivity contribution in [2.24, 2.45) is 0 Å². The number of hydrogen-bond donors (Lipinski definition) is 3. The molecule has 0 saturated carbocycles. The van der Waals surface area contributed by atoms with E-state index in [1.165, 1.54) is 6.07 Å². The lowest BCUT2D eigenvalue weighted by molar-refractivity contribution is 0.584. The van der Waals surface area contributed by atoms with Crippen LogP contribution in [0, 0.1) is 0 Å². The van der Waals surface area contributed by atoms with E-state index in [-0.39, 0.29) is 10.6 Å². The molecule has 1 aromatic carbocycles. The number of nitrogen functional groups attached to an aromatic ring is 1. The fraction of sp³-hybridized carbons (Fsp3) is 0.250. The first-order valence-electron chi connectivity index (χ1n) is 4.06. The van der Waals surface area contributed by atoms with Crippen molar-refractivity contribution >= 4 is 28.3 Å². The Morgan fingerprint density at radius 3 is 2.71 bits per heavy atom. The highest BCUT2D eigenvalue weighted by Crippen LogP contribution is 2.24. The molecule has 6 heteroatoms. The van der Waals surface area contributed by atoms with Crippen LogP contribution in [0.4, 0.5) is 5.69 Å². The molecule has 0 unspecified atom stereocenters. The molecule has 0 aliphatic carbocycles. The molecule has 3 N–H and O–H groups in total. The van der Waals surface area contributed by atoms with Gasteiger partial charge in [0, 0.05) is 11.4 Å². The molecule has 0 amide bonds. The van der Waals surface area contributed by atoms with Crippen LogP contribution in [0.2, 0.25) is 0 Å². The van der Waals surface area contributed by atoms with Crippen molar-refractivity contribution < 1.29 is 8.42 Å². The molecule has 0 heterocycles. The lowest BCUT2D eigenvalue weighted by Crippen LogP contribution is -2.24. The summed E-state index contributed by atoms with van der Waals surface area (Å²) in [6, 6.07) is 4.69. The maximum absolute atomic E-state index is 11.6. The van der Waals surface area contributed by atoms with E-state index in [9.17, 15) is 8.42 Å². The summed E-state index contributed by atoms with van der Waals surface area (Å²) in [4.78, 5) is 0.538. The summed E-state index contributed by atoms with van der Waals surface area (Å²) >= 11 is 4.05. The summed E-state index contributed by atoms with van der Waals surface area (Å²) in [7, 11) is -3.49. The molecule has 1 rings (SSSR count). The number of thiol groups is 1. The number of nitrogens with two attached hydrogens (primary N) is 1. The third-order valence-electron chi connectivity index (χ3n) is 1.67. The van der Waals surface area contributed by atoms with Crippen molar-refractivity contribution in [1.29, 1.82) is 0 Å². The van der Waals surface area contributed by atoms with Crippen LogP contribution in [0.1, 0.15) is 6.92 Å². The van der Waals surface area contributed by atoms with Gasteiger partial charge in [-0.2, -0.15) is 0 Å². The summed E-state index contributed by atoms with van der Waals surface area (Å²) in [5, 5.41) is 0. The Labute approximate surface area is 89.0 Å². The average Bonchev–Trinajstić information content (AvgIpc) is 2.09. The predicted octanol–water partition coefficient (Wildman–Crippen LogP) is 0.856. The maximum atomic E-state index is 11.6. The standard InChI is InChI=1S/C8H12N2O2S2/c1-2-10-14(11,12)7-5-3-4-6(13)8(7)9/h3-5,10,13H,2,9H2,1H3. The Balaban J connectivity index is 3.27. The van der Waals surface area contributed by atoms with Crippen LogP contribution in [0.3, 0.4) is 0 Å². The molecule has 0 radical (unpaired) electrons. The minimum Gasteiger partial charge on any atom is -0.397 e. The Kier molecular flexibility index (Phi) is 3.41. The number of sulfonamides is 1. The van der Waals surface area contributed by atoms with Gasteiger partial charge in [-0.05, 0) is 12.1 Å². The molecule has 0 bridgehead atoms. The third-order valence-corrected chi connectivity index (χ3v) is 3.66. The zero-order valence-corrected chi connectivity index (χ0v) is 9.40. The van der Waals surface area contributed by atoms with Crippen molar-refractivity contribution in [3.05, 3.63) is 18.2 Å². The second kappa shape index (κ2) is 4.20. The van der Waals surface area contributed by atoms with Crippen molar-refractivity contribution in [3.63, 3.8) is 0 Å². The molecule has 14 heavy (non-hydrogen) atoms. The zero-order chi connectivity index (χ0) is 10.8. The van der Waals surface area contributed by atoms with Gasteiger partial charge in [-0.1, -0.05) is 13.0 Å². The van der Waals surface area contributed by atoms with E-state index >= 15 is 0 Å². The number of anilines is 1. The van der Waals surface area contributed by atoms with Gasteiger partial charge >= 0.3 is 0 Å². The van der Waals surface area contributed by atoms with Crippen molar-refractivity contribution in [2.45, 2.75) is 16.7 Å². The molecule has 0 spiro atoms. The molecule has 0 aliphatic rings. The number of benzene rings is 1. The van der Waals surface area contributed by atoms with Gasteiger partial charge in [0.15, 0.2) is 0 Å². The van der Waals surface area contributed by atoms with Crippen LogP contribution < -0.4 is 10.5 Å². The highest BCUT2D eigenvalue weighted by Gasteiger charge is 2.16. The molecular weight excluding hydrogens is 220 g/mol. The van der Waals surface area contributed by atoms with E-state index in [0.717, 1.165) is 0 Å². The van der Waals surface area contributed by atoms with Gasteiger partial charge in [0.05, 0.1) is 5.69 Å². The van der Waals surface area contributed by atoms with Crippen LogP contribution in [0.5, 0.6) is 0 Å². The first-order valence-corrected chi connectivity index (χ1v) is 5.99. The summed E-state index contributed by atoms with van der Waals surface area (Å²) in [5.74, 6) is 0. The lowest BCUT2D eigenvalue weighted by atomic mass is 10.3. The number of nitrogens with one attached hydrogen (secondary N) is 1. The smallest absolute Gasteiger partial charge is 0.242 e. The molecule has 0 aliphatic heterocycles. The fourth-order valence-corrected chi connectivity index (χ4v) is 2.51. The predicted molar refractivity (Wildman–Crippen MR) is 59.0 cm³/mol. The molecule has 4 nitrogen and oxygen atoms in total. The topological polar surface area (TPSA) is 72.2 Å². The van der Waals surface area contributed by atoms with Gasteiger partial charge in [0.25, 0.3) is 0 Å². The Hall–Kier alpha value is -0.720. The van der Waals surface area contributed by atoms with Crippen LogP contribution in [-0.2, 0) is 10.0 Å². The van der Waals surface area contributed by atoms with Crippen molar-refractivity contribution in [1.82, 2.24) is 4.72 Å². The van der Waals surface area contributed by atoms with E-state index < -0.39 is 10.0 Å². The van der Waals surface area contributed by atoms with Crippen molar-refractivity contribution in [2.75, 3.05) is 12.3 Å². The highest BCUT2D eigenvalue weighted by molar-refractivity contribution is 7.89. The third kappa shape index (κ3) is 2.20. The molecule has 0 saturated heterocycles. The monoisotopic (exact) mass is 232 g/mol. The van der Waals surface area contributed by atoms with Gasteiger partial charge in [0.2, 0.25) is 10.0 Å². The Bertz CT molecular complexity index is 429. The first-order chi connectivity index (χ1) is 6.49. The van der Waals surface area contributed by atoms with E-state index in [4.69, 9.17) is 5.73 Å². The largest absolute Gasteiger partial charge is 0.397 e. The van der Waals surface area contributed by atoms with E-state index in [0.29, 0.717) is 11.4 Å². The van der Waals surface area contributed by atoms with Gasteiger partial charge in [-0.3, -0.25) is 0 Å². The van der Waals surface area contributed by atoms with Crippen LogP contribution in [0.15, 0.2) is 28.0 Å². The fourth-order valence-electron chi connectivity index (χ4n) is 1.03. The molecule has 0 fully saturated rings. The van der Waals surface area contributed by atoms with E-state index in [1.54, 1.807) is 19.1 Å². The minimum absolute atomic E-state index is 0.0758. The quantitative estimate of drug-likeness (QED) is 0.534. The maximum Gasteiger partial charge on any atom is 0.242 e. The van der Waals surface area contributed by atoms with E-state index in [1.807, 2.05) is 0 Å². The molecule has 78 valence electrons.